The van der Waals surface area contributed by atoms with Gasteiger partial charge in [0.2, 0.25) is 0 Å². The average molecular weight is 284 g/mol. The maximum Gasteiger partial charge on any atom is 0.348 e. The van der Waals surface area contributed by atoms with E-state index in [4.69, 9.17) is 0 Å². The Balaban J connectivity index is 2.15. The lowest BCUT2D eigenvalue weighted by Gasteiger charge is -2.42. The van der Waals surface area contributed by atoms with Crippen molar-refractivity contribution in [2.24, 2.45) is 4.99 Å². The van der Waals surface area contributed by atoms with E-state index in [0.717, 1.165) is 18.4 Å². The molecule has 1 N–H and O–H groups in total. The van der Waals surface area contributed by atoms with Gasteiger partial charge < -0.3 is 0 Å². The standard InChI is InChI=1S/C17H20N2O2/c1-16(2)7-8-17(3,4)12-9-10(5-6-11(12)16)13-14(20)19-15(21)18-13/h5-6,9H,7-8H2,1-4H3,(H,19,20,21). The molecule has 4 nitrogen and oxygen atoms in total. The number of hydrogen-bond donors (Lipinski definition) is 1. The average Bonchev–Trinajstić information content (AvgIpc) is 2.74. The molecule has 3 amide bonds. The van der Waals surface area contributed by atoms with Crippen molar-refractivity contribution in [1.29, 1.82) is 0 Å². The van der Waals surface area contributed by atoms with Gasteiger partial charge in [-0.15, -0.1) is 0 Å². The molecule has 4 heteroatoms. The first kappa shape index (κ1) is 14.0. The third-order valence-corrected chi connectivity index (χ3v) is 4.78. The summed E-state index contributed by atoms with van der Waals surface area (Å²) >= 11 is 0. The summed E-state index contributed by atoms with van der Waals surface area (Å²) in [5, 5.41) is 2.20. The Morgan fingerprint density at radius 1 is 1.00 bits per heavy atom. The number of nitrogens with one attached hydrogen (secondary N) is 1. The van der Waals surface area contributed by atoms with E-state index in [-0.39, 0.29) is 16.5 Å². The van der Waals surface area contributed by atoms with Gasteiger partial charge in [-0.25, -0.2) is 4.79 Å². The van der Waals surface area contributed by atoms with Crippen molar-refractivity contribution in [3.63, 3.8) is 0 Å². The Bertz CT molecular complexity index is 684. The summed E-state index contributed by atoms with van der Waals surface area (Å²) in [5.74, 6) is -0.409. The Morgan fingerprint density at radius 3 is 2.19 bits per heavy atom. The summed E-state index contributed by atoms with van der Waals surface area (Å²) in [4.78, 5) is 26.8. The molecule has 0 saturated heterocycles. The van der Waals surface area contributed by atoms with Crippen molar-refractivity contribution in [2.75, 3.05) is 0 Å². The highest BCUT2D eigenvalue weighted by Crippen LogP contribution is 2.45. The highest BCUT2D eigenvalue weighted by atomic mass is 16.2. The lowest BCUT2D eigenvalue weighted by atomic mass is 9.63. The van der Waals surface area contributed by atoms with Crippen molar-refractivity contribution in [1.82, 2.24) is 5.32 Å². The zero-order valence-corrected chi connectivity index (χ0v) is 12.9. The smallest absolute Gasteiger partial charge is 0.271 e. The number of carbonyl (C=O) groups excluding carboxylic acids is 2. The van der Waals surface area contributed by atoms with Gasteiger partial charge in [-0.1, -0.05) is 39.8 Å². The van der Waals surface area contributed by atoms with Crippen LogP contribution in [-0.2, 0) is 15.6 Å². The Kier molecular flexibility index (Phi) is 2.84. The van der Waals surface area contributed by atoms with E-state index < -0.39 is 11.9 Å². The largest absolute Gasteiger partial charge is 0.348 e. The molecule has 0 spiro atoms. The van der Waals surface area contributed by atoms with E-state index in [0.29, 0.717) is 0 Å². The molecule has 0 aromatic heterocycles. The molecular formula is C17H20N2O2. The molecule has 0 unspecified atom stereocenters. The van der Waals surface area contributed by atoms with Crippen molar-refractivity contribution in [3.05, 3.63) is 34.9 Å². The molecular weight excluding hydrogens is 264 g/mol. The highest BCUT2D eigenvalue weighted by molar-refractivity contribution is 6.51. The fourth-order valence-electron chi connectivity index (χ4n) is 3.27. The molecule has 0 saturated carbocycles. The molecule has 21 heavy (non-hydrogen) atoms. The molecule has 110 valence electrons. The number of imide groups is 1. The summed E-state index contributed by atoms with van der Waals surface area (Å²) in [6.45, 7) is 8.97. The number of aliphatic imine (C=N–C) groups is 1. The minimum atomic E-state index is -0.577. The molecule has 0 radical (unpaired) electrons. The van der Waals surface area contributed by atoms with E-state index in [1.807, 2.05) is 12.1 Å². The minimum absolute atomic E-state index is 0.0700. The molecule has 0 atom stereocenters. The molecule has 1 aliphatic heterocycles. The maximum absolute atomic E-state index is 11.8. The topological polar surface area (TPSA) is 58.5 Å². The van der Waals surface area contributed by atoms with Gasteiger partial charge in [-0.3, -0.25) is 10.1 Å². The second-order valence-electron chi connectivity index (χ2n) is 7.25. The van der Waals surface area contributed by atoms with Gasteiger partial charge in [-0.05, 0) is 40.9 Å². The van der Waals surface area contributed by atoms with Gasteiger partial charge >= 0.3 is 6.03 Å². The van der Waals surface area contributed by atoms with Crippen LogP contribution in [0.25, 0.3) is 0 Å². The van der Waals surface area contributed by atoms with E-state index in [1.54, 1.807) is 0 Å². The fraction of sp³-hybridized carbons (Fsp3) is 0.471. The van der Waals surface area contributed by atoms with Crippen LogP contribution in [0.2, 0.25) is 0 Å². The Labute approximate surface area is 124 Å². The van der Waals surface area contributed by atoms with Crippen LogP contribution in [0.15, 0.2) is 23.2 Å². The molecule has 1 aliphatic carbocycles. The summed E-state index contributed by atoms with van der Waals surface area (Å²) in [6, 6.07) is 5.45. The number of benzene rings is 1. The number of urea groups is 1. The predicted octanol–water partition coefficient (Wildman–Crippen LogP) is 3.07. The number of carbonyl (C=O) groups is 2. The lowest BCUT2D eigenvalue weighted by molar-refractivity contribution is -0.113. The Hall–Kier alpha value is -1.97. The summed E-state index contributed by atoms with van der Waals surface area (Å²) in [7, 11) is 0. The van der Waals surface area contributed by atoms with Crippen molar-refractivity contribution in [3.8, 4) is 0 Å². The van der Waals surface area contributed by atoms with Crippen LogP contribution in [0.1, 0.15) is 57.2 Å². The number of rotatable bonds is 1. The quantitative estimate of drug-likeness (QED) is 0.861. The first-order valence-electron chi connectivity index (χ1n) is 7.30. The zero-order chi connectivity index (χ0) is 15.4. The summed E-state index contributed by atoms with van der Waals surface area (Å²) in [6.07, 6.45) is 2.25. The molecule has 1 aromatic carbocycles. The van der Waals surface area contributed by atoms with E-state index >= 15 is 0 Å². The van der Waals surface area contributed by atoms with Gasteiger partial charge in [0.25, 0.3) is 5.91 Å². The van der Waals surface area contributed by atoms with Crippen LogP contribution in [0.3, 0.4) is 0 Å². The Morgan fingerprint density at radius 2 is 1.62 bits per heavy atom. The first-order chi connectivity index (χ1) is 9.71. The minimum Gasteiger partial charge on any atom is -0.271 e. The molecule has 3 rings (SSSR count). The van der Waals surface area contributed by atoms with Crippen LogP contribution < -0.4 is 5.32 Å². The second-order valence-corrected chi connectivity index (χ2v) is 7.25. The number of nitrogens with zero attached hydrogens (tertiary/aromatic N) is 1. The SMILES string of the molecule is CC1(C)CCC(C)(C)c2cc(C3=NC(=O)NC3=O)ccc21. The highest BCUT2D eigenvalue weighted by Gasteiger charge is 2.37. The van der Waals surface area contributed by atoms with E-state index in [2.05, 4.69) is 44.1 Å². The van der Waals surface area contributed by atoms with Gasteiger partial charge in [0.15, 0.2) is 0 Å². The van der Waals surface area contributed by atoms with E-state index in [1.165, 1.54) is 11.1 Å². The molecule has 0 fully saturated rings. The third kappa shape index (κ3) is 2.19. The van der Waals surface area contributed by atoms with Crippen molar-refractivity contribution < 1.29 is 9.59 Å². The van der Waals surface area contributed by atoms with Crippen LogP contribution in [0, 0.1) is 0 Å². The number of amides is 3. The molecule has 2 aliphatic rings. The molecule has 0 bridgehead atoms. The first-order valence-corrected chi connectivity index (χ1v) is 7.30. The van der Waals surface area contributed by atoms with Crippen LogP contribution in [0.5, 0.6) is 0 Å². The maximum atomic E-state index is 11.8. The molecule has 1 heterocycles. The van der Waals surface area contributed by atoms with Gasteiger partial charge in [0.05, 0.1) is 0 Å². The predicted molar refractivity (Wildman–Crippen MR) is 81.8 cm³/mol. The van der Waals surface area contributed by atoms with Gasteiger partial charge in [0.1, 0.15) is 5.71 Å². The fourth-order valence-corrected chi connectivity index (χ4v) is 3.27. The summed E-state index contributed by atoms with van der Waals surface area (Å²) in [5.41, 5.74) is 3.74. The van der Waals surface area contributed by atoms with E-state index in [9.17, 15) is 9.59 Å². The lowest BCUT2D eigenvalue weighted by Crippen LogP contribution is -2.34. The monoisotopic (exact) mass is 284 g/mol. The second kappa shape index (κ2) is 4.26. The summed E-state index contributed by atoms with van der Waals surface area (Å²) < 4.78 is 0. The van der Waals surface area contributed by atoms with Crippen LogP contribution >= 0.6 is 0 Å². The van der Waals surface area contributed by atoms with Gasteiger partial charge in [0, 0.05) is 5.56 Å². The van der Waals surface area contributed by atoms with Crippen LogP contribution in [0.4, 0.5) is 4.79 Å². The normalized spacial score (nSPS) is 22.6. The van der Waals surface area contributed by atoms with Gasteiger partial charge in [-0.2, -0.15) is 4.99 Å². The number of fused-ring (bicyclic) bond motifs is 1. The van der Waals surface area contributed by atoms with Crippen molar-refractivity contribution >= 4 is 17.6 Å². The van der Waals surface area contributed by atoms with Crippen molar-refractivity contribution in [2.45, 2.75) is 51.4 Å². The molecule has 1 aromatic rings. The van der Waals surface area contributed by atoms with Crippen LogP contribution in [-0.4, -0.2) is 17.6 Å². The number of hydrogen-bond acceptors (Lipinski definition) is 2. The third-order valence-electron chi connectivity index (χ3n) is 4.78. The zero-order valence-electron chi connectivity index (χ0n) is 12.9.